The Bertz CT molecular complexity index is 669. The number of imidazole rings is 1. The normalized spacial score (nSPS) is 22.6. The van der Waals surface area contributed by atoms with Crippen molar-refractivity contribution in [1.29, 1.82) is 0 Å². The average Bonchev–Trinajstić information content (AvgIpc) is 2.80. The monoisotopic (exact) mass is 287 g/mol. The first-order valence-electron chi connectivity index (χ1n) is 7.58. The first kappa shape index (κ1) is 14.0. The summed E-state index contributed by atoms with van der Waals surface area (Å²) in [7, 11) is 0. The zero-order valence-corrected chi connectivity index (χ0v) is 12.5. The van der Waals surface area contributed by atoms with Crippen molar-refractivity contribution in [3.8, 4) is 0 Å². The molecular formula is C16H21N3O2. The molecule has 0 bridgehead atoms. The summed E-state index contributed by atoms with van der Waals surface area (Å²) in [4.78, 5) is 15.5. The molecule has 0 radical (unpaired) electrons. The molecule has 3 rings (SSSR count). The molecule has 0 saturated heterocycles. The zero-order chi connectivity index (χ0) is 15.0. The zero-order valence-electron chi connectivity index (χ0n) is 12.5. The van der Waals surface area contributed by atoms with E-state index in [2.05, 4.69) is 23.1 Å². The van der Waals surface area contributed by atoms with E-state index < -0.39 is 5.97 Å². The lowest BCUT2D eigenvalue weighted by molar-refractivity contribution is -0.143. The minimum absolute atomic E-state index is 0.144. The molecule has 5 heteroatoms. The Morgan fingerprint density at radius 2 is 2.05 bits per heavy atom. The number of carboxylic acid groups (broad SMARTS) is 1. The van der Waals surface area contributed by atoms with Gasteiger partial charge in [-0.05, 0) is 63.5 Å². The number of nitrogens with zero attached hydrogens (tertiary/aromatic N) is 3. The maximum atomic E-state index is 11.0. The second kappa shape index (κ2) is 5.47. The van der Waals surface area contributed by atoms with Gasteiger partial charge in [-0.3, -0.25) is 4.79 Å². The third-order valence-corrected chi connectivity index (χ3v) is 4.47. The third-order valence-electron chi connectivity index (χ3n) is 4.47. The number of rotatable bonds is 3. The van der Waals surface area contributed by atoms with Gasteiger partial charge in [0.2, 0.25) is 0 Å². The summed E-state index contributed by atoms with van der Waals surface area (Å²) in [6.45, 7) is 4.04. The first-order chi connectivity index (χ1) is 10.0. The van der Waals surface area contributed by atoms with Crippen LogP contribution in [0.3, 0.4) is 0 Å². The van der Waals surface area contributed by atoms with Crippen LogP contribution in [-0.4, -0.2) is 25.7 Å². The SMILES string of the molecule is Cc1cn2nc(C[C@H]3CC[C@H](C(=O)O)CC3)cc(C)c2n1. The Morgan fingerprint density at radius 1 is 1.33 bits per heavy atom. The predicted molar refractivity (Wildman–Crippen MR) is 79.2 cm³/mol. The van der Waals surface area contributed by atoms with Crippen molar-refractivity contribution in [2.45, 2.75) is 46.0 Å². The number of aryl methyl sites for hydroxylation is 2. The van der Waals surface area contributed by atoms with E-state index in [1.807, 2.05) is 17.6 Å². The van der Waals surface area contributed by atoms with E-state index in [1.165, 1.54) is 0 Å². The lowest BCUT2D eigenvalue weighted by atomic mass is 9.80. The van der Waals surface area contributed by atoms with Crippen molar-refractivity contribution in [2.24, 2.45) is 11.8 Å². The summed E-state index contributed by atoms with van der Waals surface area (Å²) in [6, 6.07) is 2.12. The largest absolute Gasteiger partial charge is 0.481 e. The topological polar surface area (TPSA) is 67.5 Å². The predicted octanol–water partition coefficient (Wildman–Crippen LogP) is 2.78. The average molecular weight is 287 g/mol. The summed E-state index contributed by atoms with van der Waals surface area (Å²) < 4.78 is 1.86. The van der Waals surface area contributed by atoms with Crippen LogP contribution in [0.25, 0.3) is 5.65 Å². The van der Waals surface area contributed by atoms with Crippen molar-refractivity contribution in [1.82, 2.24) is 14.6 Å². The number of aromatic nitrogens is 3. The van der Waals surface area contributed by atoms with Gasteiger partial charge in [0.05, 0.1) is 23.5 Å². The summed E-state index contributed by atoms with van der Waals surface area (Å²) in [5.41, 5.74) is 4.12. The van der Waals surface area contributed by atoms with Gasteiger partial charge in [-0.2, -0.15) is 5.10 Å². The Labute approximate surface area is 124 Å². The maximum absolute atomic E-state index is 11.0. The molecule has 1 aliphatic rings. The molecule has 112 valence electrons. The van der Waals surface area contributed by atoms with Crippen molar-refractivity contribution in [3.63, 3.8) is 0 Å². The van der Waals surface area contributed by atoms with Gasteiger partial charge in [-0.15, -0.1) is 0 Å². The van der Waals surface area contributed by atoms with Crippen LogP contribution < -0.4 is 0 Å². The van der Waals surface area contributed by atoms with E-state index in [0.29, 0.717) is 5.92 Å². The Balaban J connectivity index is 1.72. The standard InChI is InChI=1S/C16H21N3O2/c1-10-7-14(18-19-9-11(2)17-15(10)19)8-12-3-5-13(6-4-12)16(20)21/h7,9,12-13H,3-6,8H2,1-2H3,(H,20,21)/t12-,13-. The summed E-state index contributed by atoms with van der Waals surface area (Å²) >= 11 is 0. The van der Waals surface area contributed by atoms with E-state index in [9.17, 15) is 4.79 Å². The highest BCUT2D eigenvalue weighted by Gasteiger charge is 2.26. The lowest BCUT2D eigenvalue weighted by Gasteiger charge is -2.25. The van der Waals surface area contributed by atoms with Crippen molar-refractivity contribution in [2.75, 3.05) is 0 Å². The number of carboxylic acids is 1. The van der Waals surface area contributed by atoms with Crippen molar-refractivity contribution < 1.29 is 9.90 Å². The molecule has 2 aromatic rings. The fourth-order valence-corrected chi connectivity index (χ4v) is 3.32. The second-order valence-electron chi connectivity index (χ2n) is 6.23. The minimum atomic E-state index is -0.641. The molecule has 0 unspecified atom stereocenters. The summed E-state index contributed by atoms with van der Waals surface area (Å²) in [5.74, 6) is -0.234. The molecule has 21 heavy (non-hydrogen) atoms. The maximum Gasteiger partial charge on any atom is 0.306 e. The molecule has 0 aromatic carbocycles. The van der Waals surface area contributed by atoms with Crippen LogP contribution in [0.15, 0.2) is 12.3 Å². The highest BCUT2D eigenvalue weighted by atomic mass is 16.4. The van der Waals surface area contributed by atoms with E-state index in [1.54, 1.807) is 0 Å². The molecular weight excluding hydrogens is 266 g/mol. The molecule has 5 nitrogen and oxygen atoms in total. The molecule has 2 aromatic heterocycles. The van der Waals surface area contributed by atoms with E-state index in [4.69, 9.17) is 5.11 Å². The number of carbonyl (C=O) groups is 1. The van der Waals surface area contributed by atoms with Crippen LogP contribution in [0, 0.1) is 25.7 Å². The molecule has 1 N–H and O–H groups in total. The van der Waals surface area contributed by atoms with Gasteiger partial charge in [0, 0.05) is 0 Å². The second-order valence-corrected chi connectivity index (χ2v) is 6.23. The quantitative estimate of drug-likeness (QED) is 0.942. The van der Waals surface area contributed by atoms with Gasteiger partial charge in [0.1, 0.15) is 0 Å². The first-order valence-corrected chi connectivity index (χ1v) is 7.58. The van der Waals surface area contributed by atoms with Gasteiger partial charge in [-0.1, -0.05) is 0 Å². The van der Waals surface area contributed by atoms with Crippen LogP contribution >= 0.6 is 0 Å². The lowest BCUT2D eigenvalue weighted by Crippen LogP contribution is -2.22. The highest BCUT2D eigenvalue weighted by molar-refractivity contribution is 5.70. The van der Waals surface area contributed by atoms with Crippen LogP contribution in [0.1, 0.15) is 42.6 Å². The molecule has 1 saturated carbocycles. The van der Waals surface area contributed by atoms with Crippen LogP contribution in [0.5, 0.6) is 0 Å². The minimum Gasteiger partial charge on any atom is -0.481 e. The van der Waals surface area contributed by atoms with Gasteiger partial charge >= 0.3 is 5.97 Å². The van der Waals surface area contributed by atoms with Crippen LogP contribution in [0.4, 0.5) is 0 Å². The summed E-state index contributed by atoms with van der Waals surface area (Å²) in [6.07, 6.45) is 6.45. The Morgan fingerprint density at radius 3 is 2.71 bits per heavy atom. The molecule has 1 fully saturated rings. The molecule has 0 aliphatic heterocycles. The number of hydrogen-bond donors (Lipinski definition) is 1. The van der Waals surface area contributed by atoms with Crippen LogP contribution in [0.2, 0.25) is 0 Å². The Hall–Kier alpha value is -1.91. The summed E-state index contributed by atoms with van der Waals surface area (Å²) in [5, 5.41) is 13.7. The van der Waals surface area contributed by atoms with E-state index >= 15 is 0 Å². The van der Waals surface area contributed by atoms with Crippen molar-refractivity contribution >= 4 is 11.6 Å². The van der Waals surface area contributed by atoms with E-state index in [0.717, 1.165) is 54.7 Å². The molecule has 0 atom stereocenters. The number of aliphatic carboxylic acids is 1. The molecule has 1 aliphatic carbocycles. The van der Waals surface area contributed by atoms with Crippen molar-refractivity contribution in [3.05, 3.63) is 29.2 Å². The molecule has 0 spiro atoms. The van der Waals surface area contributed by atoms with Gasteiger partial charge in [0.15, 0.2) is 5.65 Å². The smallest absolute Gasteiger partial charge is 0.306 e. The molecule has 0 amide bonds. The van der Waals surface area contributed by atoms with Crippen LogP contribution in [-0.2, 0) is 11.2 Å². The fourth-order valence-electron chi connectivity index (χ4n) is 3.32. The molecule has 2 heterocycles. The van der Waals surface area contributed by atoms with E-state index in [-0.39, 0.29) is 5.92 Å². The van der Waals surface area contributed by atoms with Gasteiger partial charge in [0.25, 0.3) is 0 Å². The van der Waals surface area contributed by atoms with Gasteiger partial charge < -0.3 is 5.11 Å². The fraction of sp³-hybridized carbons (Fsp3) is 0.562. The highest BCUT2D eigenvalue weighted by Crippen LogP contribution is 2.31. The third kappa shape index (κ3) is 2.91. The Kier molecular flexibility index (Phi) is 3.66. The van der Waals surface area contributed by atoms with Gasteiger partial charge in [-0.25, -0.2) is 9.50 Å². The number of fused-ring (bicyclic) bond motifs is 1. The number of hydrogen-bond acceptors (Lipinski definition) is 3.